The number of aliphatic carboxylic acids is 1. The van der Waals surface area contributed by atoms with Gasteiger partial charge in [0.05, 0.1) is 0 Å². The van der Waals surface area contributed by atoms with Crippen LogP contribution in [0.2, 0.25) is 0 Å². The molecule has 1 amide bonds. The summed E-state index contributed by atoms with van der Waals surface area (Å²) in [6.45, 7) is 2.72. The second-order valence-electron chi connectivity index (χ2n) is 5.14. The average Bonchev–Trinajstić information content (AvgIpc) is 2.92. The summed E-state index contributed by atoms with van der Waals surface area (Å²) in [4.78, 5) is 26.6. The summed E-state index contributed by atoms with van der Waals surface area (Å²) in [6, 6.07) is 3.98. The van der Waals surface area contributed by atoms with E-state index in [1.807, 2.05) is 12.1 Å². The quantitative estimate of drug-likeness (QED) is 0.814. The lowest BCUT2D eigenvalue weighted by Gasteiger charge is -2.30. The van der Waals surface area contributed by atoms with E-state index in [9.17, 15) is 9.59 Å². The van der Waals surface area contributed by atoms with Gasteiger partial charge in [-0.25, -0.2) is 4.79 Å². The van der Waals surface area contributed by atoms with Crippen molar-refractivity contribution in [3.05, 3.63) is 28.0 Å². The van der Waals surface area contributed by atoms with Crippen LogP contribution >= 0.6 is 11.3 Å². The van der Waals surface area contributed by atoms with Crippen LogP contribution < -0.4 is 5.32 Å². The highest BCUT2D eigenvalue weighted by Crippen LogP contribution is 2.23. The van der Waals surface area contributed by atoms with Gasteiger partial charge in [0, 0.05) is 35.3 Å². The number of rotatable bonds is 5. The molecular formula is C15H20N2O3S. The molecule has 1 aromatic heterocycles. The van der Waals surface area contributed by atoms with E-state index in [0.29, 0.717) is 0 Å². The van der Waals surface area contributed by atoms with E-state index in [4.69, 9.17) is 5.11 Å². The van der Waals surface area contributed by atoms with Crippen molar-refractivity contribution in [2.45, 2.75) is 19.4 Å². The number of carbonyl (C=O) groups is 2. The van der Waals surface area contributed by atoms with Gasteiger partial charge >= 0.3 is 5.97 Å². The zero-order chi connectivity index (χ0) is 15.2. The zero-order valence-electron chi connectivity index (χ0n) is 12.0. The summed E-state index contributed by atoms with van der Waals surface area (Å²) >= 11 is 1.61. The second kappa shape index (κ2) is 7.38. The molecule has 0 saturated carbocycles. The Morgan fingerprint density at radius 1 is 1.43 bits per heavy atom. The predicted molar refractivity (Wildman–Crippen MR) is 83.1 cm³/mol. The highest BCUT2D eigenvalue weighted by atomic mass is 32.1. The minimum absolute atomic E-state index is 0.142. The van der Waals surface area contributed by atoms with Crippen LogP contribution in [-0.2, 0) is 16.1 Å². The van der Waals surface area contributed by atoms with E-state index >= 15 is 0 Å². The van der Waals surface area contributed by atoms with Gasteiger partial charge in [0.25, 0.3) is 0 Å². The Kier molecular flexibility index (Phi) is 5.52. The van der Waals surface area contributed by atoms with Crippen molar-refractivity contribution in [3.63, 3.8) is 0 Å². The first-order valence-corrected chi connectivity index (χ1v) is 7.84. The first kappa shape index (κ1) is 15.7. The van der Waals surface area contributed by atoms with Gasteiger partial charge in [-0.3, -0.25) is 9.69 Å². The molecule has 1 fully saturated rings. The Hall–Kier alpha value is -1.66. The van der Waals surface area contributed by atoms with E-state index in [1.54, 1.807) is 24.5 Å². The number of carboxylic acids is 1. The standard InChI is InChI=1S/C15H20N2O3S/c1-16-15(20)11-6-8-17(9-7-11)10-13-3-2-12(21-13)4-5-14(18)19/h2-5,11H,6-10H2,1H3,(H,16,20)(H,18,19). The lowest BCUT2D eigenvalue weighted by molar-refractivity contribution is -0.131. The first-order chi connectivity index (χ1) is 10.1. The van der Waals surface area contributed by atoms with E-state index in [1.165, 1.54) is 4.88 Å². The number of carbonyl (C=O) groups excluding carboxylic acids is 1. The summed E-state index contributed by atoms with van der Waals surface area (Å²) in [5.74, 6) is -0.642. The lowest BCUT2D eigenvalue weighted by Crippen LogP contribution is -2.39. The molecule has 6 heteroatoms. The molecule has 0 radical (unpaired) electrons. The maximum Gasteiger partial charge on any atom is 0.328 e. The molecular weight excluding hydrogens is 288 g/mol. The van der Waals surface area contributed by atoms with Gasteiger partial charge in [0.1, 0.15) is 0 Å². The first-order valence-electron chi connectivity index (χ1n) is 7.02. The Morgan fingerprint density at radius 3 is 2.76 bits per heavy atom. The molecule has 21 heavy (non-hydrogen) atoms. The molecule has 0 bridgehead atoms. The Balaban J connectivity index is 1.84. The number of nitrogens with one attached hydrogen (secondary N) is 1. The van der Waals surface area contributed by atoms with E-state index in [-0.39, 0.29) is 11.8 Å². The summed E-state index contributed by atoms with van der Waals surface area (Å²) in [7, 11) is 1.69. The Morgan fingerprint density at radius 2 is 2.14 bits per heavy atom. The summed E-state index contributed by atoms with van der Waals surface area (Å²) < 4.78 is 0. The summed E-state index contributed by atoms with van der Waals surface area (Å²) in [5, 5.41) is 11.3. The predicted octanol–water partition coefficient (Wildman–Crippen LogP) is 1.80. The van der Waals surface area contributed by atoms with Gasteiger partial charge in [0.2, 0.25) is 5.91 Å². The molecule has 1 saturated heterocycles. The Bertz CT molecular complexity index is 531. The molecule has 5 nitrogen and oxygen atoms in total. The molecule has 2 heterocycles. The fourth-order valence-electron chi connectivity index (χ4n) is 2.50. The lowest BCUT2D eigenvalue weighted by atomic mass is 9.96. The molecule has 0 atom stereocenters. The van der Waals surface area contributed by atoms with Crippen LogP contribution in [0, 0.1) is 5.92 Å². The number of carboxylic acid groups (broad SMARTS) is 1. The van der Waals surface area contributed by atoms with Gasteiger partial charge in [0.15, 0.2) is 0 Å². The molecule has 2 rings (SSSR count). The van der Waals surface area contributed by atoms with Crippen LogP contribution in [0.4, 0.5) is 0 Å². The molecule has 2 N–H and O–H groups in total. The third-order valence-electron chi connectivity index (χ3n) is 3.66. The SMILES string of the molecule is CNC(=O)C1CCN(Cc2ccc(C=CC(=O)O)s2)CC1. The molecule has 0 unspecified atom stereocenters. The minimum Gasteiger partial charge on any atom is -0.478 e. The van der Waals surface area contributed by atoms with E-state index < -0.39 is 5.97 Å². The largest absolute Gasteiger partial charge is 0.478 e. The molecule has 114 valence electrons. The van der Waals surface area contributed by atoms with Gasteiger partial charge in [-0.2, -0.15) is 0 Å². The van der Waals surface area contributed by atoms with Crippen molar-refractivity contribution < 1.29 is 14.7 Å². The van der Waals surface area contributed by atoms with Crippen molar-refractivity contribution in [1.29, 1.82) is 0 Å². The monoisotopic (exact) mass is 308 g/mol. The fraction of sp³-hybridized carbons (Fsp3) is 0.467. The van der Waals surface area contributed by atoms with Crippen molar-refractivity contribution >= 4 is 29.3 Å². The maximum atomic E-state index is 11.6. The van der Waals surface area contributed by atoms with Gasteiger partial charge in [-0.1, -0.05) is 0 Å². The maximum absolute atomic E-state index is 11.6. The van der Waals surface area contributed by atoms with Crippen LogP contribution in [0.25, 0.3) is 6.08 Å². The fourth-order valence-corrected chi connectivity index (χ4v) is 3.46. The second-order valence-corrected chi connectivity index (χ2v) is 6.34. The molecule has 0 aromatic carbocycles. The van der Waals surface area contributed by atoms with Gasteiger partial charge in [-0.05, 0) is 44.1 Å². The van der Waals surface area contributed by atoms with Crippen molar-refractivity contribution in [2.24, 2.45) is 5.92 Å². The van der Waals surface area contributed by atoms with Crippen LogP contribution in [0.5, 0.6) is 0 Å². The number of hydrogen-bond donors (Lipinski definition) is 2. The van der Waals surface area contributed by atoms with Crippen LogP contribution in [0.15, 0.2) is 18.2 Å². The van der Waals surface area contributed by atoms with Crippen molar-refractivity contribution in [3.8, 4) is 0 Å². The van der Waals surface area contributed by atoms with Crippen molar-refractivity contribution in [2.75, 3.05) is 20.1 Å². The molecule has 0 spiro atoms. The van der Waals surface area contributed by atoms with Crippen LogP contribution in [0.3, 0.4) is 0 Å². The summed E-state index contributed by atoms with van der Waals surface area (Å²) in [5.41, 5.74) is 0. The number of nitrogens with zero attached hydrogens (tertiary/aromatic N) is 1. The Labute approximate surface area is 128 Å². The average molecular weight is 308 g/mol. The van der Waals surface area contributed by atoms with E-state index in [0.717, 1.165) is 43.4 Å². The normalized spacial score (nSPS) is 17.2. The third-order valence-corrected chi connectivity index (χ3v) is 4.69. The summed E-state index contributed by atoms with van der Waals surface area (Å²) in [6.07, 6.45) is 4.58. The van der Waals surface area contributed by atoms with Crippen molar-refractivity contribution in [1.82, 2.24) is 10.2 Å². The molecule has 1 aliphatic heterocycles. The van der Waals surface area contributed by atoms with Crippen LogP contribution in [-0.4, -0.2) is 42.0 Å². The number of hydrogen-bond acceptors (Lipinski definition) is 4. The highest BCUT2D eigenvalue weighted by molar-refractivity contribution is 7.12. The van der Waals surface area contributed by atoms with E-state index in [2.05, 4.69) is 10.2 Å². The third kappa shape index (κ3) is 4.68. The number of thiophene rings is 1. The zero-order valence-corrected chi connectivity index (χ0v) is 12.9. The molecule has 1 aliphatic rings. The number of likely N-dealkylation sites (tertiary alicyclic amines) is 1. The number of amides is 1. The van der Waals surface area contributed by atoms with Crippen LogP contribution in [0.1, 0.15) is 22.6 Å². The molecule has 0 aliphatic carbocycles. The topological polar surface area (TPSA) is 69.6 Å². The smallest absolute Gasteiger partial charge is 0.328 e. The van der Waals surface area contributed by atoms with Gasteiger partial charge < -0.3 is 10.4 Å². The minimum atomic E-state index is -0.929. The molecule has 1 aromatic rings. The highest BCUT2D eigenvalue weighted by Gasteiger charge is 2.24. The number of piperidine rings is 1. The van der Waals surface area contributed by atoms with Gasteiger partial charge in [-0.15, -0.1) is 11.3 Å².